The Morgan fingerprint density at radius 3 is 2.00 bits per heavy atom. The minimum atomic E-state index is -0.782. The normalized spacial score (nSPS) is 10.7. The first-order chi connectivity index (χ1) is 6.95. The van der Waals surface area contributed by atoms with E-state index >= 15 is 0 Å². The van der Waals surface area contributed by atoms with Gasteiger partial charge < -0.3 is 14.7 Å². The summed E-state index contributed by atoms with van der Waals surface area (Å²) < 4.78 is 8.62. The highest BCUT2D eigenvalue weighted by Gasteiger charge is 2.11. The lowest BCUT2D eigenvalue weighted by molar-refractivity contribution is -0.158. The molecule has 7 heteroatoms. The molecular weight excluding hydrogens is 206 g/mol. The molecule has 1 N–H and O–H groups in total. The van der Waals surface area contributed by atoms with Gasteiger partial charge in [-0.05, 0) is 0 Å². The Bertz CT molecular complexity index is 296. The summed E-state index contributed by atoms with van der Waals surface area (Å²) in [5, 5.41) is 11.0. The van der Waals surface area contributed by atoms with E-state index in [1.54, 1.807) is 0 Å². The van der Waals surface area contributed by atoms with E-state index in [1.165, 1.54) is 0 Å². The van der Waals surface area contributed by atoms with E-state index in [9.17, 15) is 14.4 Å². The van der Waals surface area contributed by atoms with Crippen molar-refractivity contribution in [2.45, 2.75) is 26.7 Å². The highest BCUT2D eigenvalue weighted by molar-refractivity contribution is 5.91. The number of oxime groups is 1. The lowest BCUT2D eigenvalue weighted by atomic mass is 10.3. The van der Waals surface area contributed by atoms with Gasteiger partial charge in [0, 0.05) is 20.3 Å². The lowest BCUT2D eigenvalue weighted by Crippen LogP contribution is -2.14. The number of carbonyl (C=O) groups excluding carboxylic acids is 3. The van der Waals surface area contributed by atoms with Gasteiger partial charge in [-0.2, -0.15) is 0 Å². The summed E-state index contributed by atoms with van der Waals surface area (Å²) in [5.41, 5.74) is 0. The molecule has 0 aromatic carbocycles. The highest BCUT2D eigenvalue weighted by atomic mass is 16.6. The van der Waals surface area contributed by atoms with Crippen molar-refractivity contribution in [2.75, 3.05) is 0 Å². The molecule has 0 spiro atoms. The van der Waals surface area contributed by atoms with Crippen molar-refractivity contribution in [1.29, 1.82) is 0 Å². The first kappa shape index (κ1) is 13.1. The van der Waals surface area contributed by atoms with Crippen LogP contribution < -0.4 is 0 Å². The fourth-order valence-corrected chi connectivity index (χ4v) is 0.708. The van der Waals surface area contributed by atoms with E-state index < -0.39 is 17.9 Å². The Morgan fingerprint density at radius 2 is 1.60 bits per heavy atom. The summed E-state index contributed by atoms with van der Waals surface area (Å²) in [4.78, 5) is 31.6. The zero-order chi connectivity index (χ0) is 11.8. The SMILES string of the molecule is CC(=O)OC(=O)CC/C(=N/O)OC(C)=O. The monoisotopic (exact) mass is 217 g/mol. The minimum absolute atomic E-state index is 0.123. The van der Waals surface area contributed by atoms with Crippen LogP contribution in [0.2, 0.25) is 0 Å². The predicted molar refractivity (Wildman–Crippen MR) is 47.0 cm³/mol. The number of hydrogen-bond acceptors (Lipinski definition) is 7. The maximum Gasteiger partial charge on any atom is 0.313 e. The smallest absolute Gasteiger partial charge is 0.313 e. The minimum Gasteiger partial charge on any atom is -0.408 e. The molecule has 0 bridgehead atoms. The first-order valence-electron chi connectivity index (χ1n) is 4.06. The van der Waals surface area contributed by atoms with Gasteiger partial charge in [0.05, 0.1) is 6.42 Å². The molecule has 0 rings (SSSR count). The van der Waals surface area contributed by atoms with Crippen LogP contribution >= 0.6 is 0 Å². The zero-order valence-electron chi connectivity index (χ0n) is 8.35. The molecule has 0 aliphatic heterocycles. The second kappa shape index (κ2) is 6.52. The Balaban J connectivity index is 3.97. The van der Waals surface area contributed by atoms with Crippen molar-refractivity contribution in [1.82, 2.24) is 0 Å². The van der Waals surface area contributed by atoms with Crippen LogP contribution in [0.3, 0.4) is 0 Å². The van der Waals surface area contributed by atoms with Crippen LogP contribution in [0.25, 0.3) is 0 Å². The molecule has 15 heavy (non-hydrogen) atoms. The third-order valence-electron chi connectivity index (χ3n) is 1.17. The van der Waals surface area contributed by atoms with Gasteiger partial charge in [-0.15, -0.1) is 0 Å². The Kier molecular flexibility index (Phi) is 5.69. The van der Waals surface area contributed by atoms with Crippen molar-refractivity contribution in [3.63, 3.8) is 0 Å². The van der Waals surface area contributed by atoms with Gasteiger partial charge >= 0.3 is 17.9 Å². The van der Waals surface area contributed by atoms with Crippen LogP contribution in [0.5, 0.6) is 0 Å². The average molecular weight is 217 g/mol. The lowest BCUT2D eigenvalue weighted by Gasteiger charge is -2.02. The second-order valence-corrected chi connectivity index (χ2v) is 2.55. The third-order valence-corrected chi connectivity index (χ3v) is 1.17. The van der Waals surface area contributed by atoms with Crippen LogP contribution in [0, 0.1) is 0 Å². The van der Waals surface area contributed by atoms with Crippen LogP contribution in [0.15, 0.2) is 5.16 Å². The van der Waals surface area contributed by atoms with E-state index in [-0.39, 0.29) is 18.7 Å². The topological polar surface area (TPSA) is 102 Å². The molecule has 0 atom stereocenters. The molecule has 0 aliphatic rings. The maximum atomic E-state index is 10.8. The number of ether oxygens (including phenoxy) is 2. The fourth-order valence-electron chi connectivity index (χ4n) is 0.708. The van der Waals surface area contributed by atoms with Crippen LogP contribution in [-0.4, -0.2) is 29.0 Å². The molecule has 7 nitrogen and oxygen atoms in total. The van der Waals surface area contributed by atoms with Crippen LogP contribution in [-0.2, 0) is 23.9 Å². The van der Waals surface area contributed by atoms with Crippen molar-refractivity contribution in [2.24, 2.45) is 5.16 Å². The van der Waals surface area contributed by atoms with Gasteiger partial charge in [-0.3, -0.25) is 14.4 Å². The van der Waals surface area contributed by atoms with E-state index in [1.807, 2.05) is 0 Å². The Hall–Kier alpha value is -1.92. The van der Waals surface area contributed by atoms with Crippen LogP contribution in [0.1, 0.15) is 26.7 Å². The number of esters is 3. The number of nitrogens with zero attached hydrogens (tertiary/aromatic N) is 1. The highest BCUT2D eigenvalue weighted by Crippen LogP contribution is 1.98. The number of carbonyl (C=O) groups is 3. The summed E-state index contributed by atoms with van der Waals surface area (Å²) in [6.07, 6.45) is -0.339. The molecule has 0 aliphatic carbocycles. The van der Waals surface area contributed by atoms with Gasteiger partial charge in [0.1, 0.15) is 0 Å². The molecule has 0 aromatic heterocycles. The summed E-state index contributed by atoms with van der Waals surface area (Å²) in [5.74, 6) is -2.48. The van der Waals surface area contributed by atoms with Crippen LogP contribution in [0.4, 0.5) is 0 Å². The largest absolute Gasteiger partial charge is 0.408 e. The fraction of sp³-hybridized carbons (Fsp3) is 0.500. The molecule has 0 saturated heterocycles. The van der Waals surface area contributed by atoms with Gasteiger partial charge in [0.2, 0.25) is 5.90 Å². The van der Waals surface area contributed by atoms with E-state index in [0.717, 1.165) is 13.8 Å². The summed E-state index contributed by atoms with van der Waals surface area (Å²) >= 11 is 0. The first-order valence-corrected chi connectivity index (χ1v) is 4.06. The average Bonchev–Trinajstić information content (AvgIpc) is 2.10. The van der Waals surface area contributed by atoms with Gasteiger partial charge in [-0.1, -0.05) is 5.16 Å². The molecular formula is C8H11NO6. The molecule has 0 heterocycles. The van der Waals surface area contributed by atoms with E-state index in [4.69, 9.17) is 5.21 Å². The zero-order valence-corrected chi connectivity index (χ0v) is 8.35. The molecule has 0 fully saturated rings. The quantitative estimate of drug-likeness (QED) is 0.181. The molecule has 84 valence electrons. The summed E-state index contributed by atoms with van der Waals surface area (Å²) in [7, 11) is 0. The van der Waals surface area contributed by atoms with Gasteiger partial charge in [0.25, 0.3) is 0 Å². The van der Waals surface area contributed by atoms with E-state index in [0.29, 0.717) is 0 Å². The Labute approximate surface area is 85.6 Å². The van der Waals surface area contributed by atoms with Gasteiger partial charge in [0.15, 0.2) is 0 Å². The summed E-state index contributed by atoms with van der Waals surface area (Å²) in [6.45, 7) is 2.21. The van der Waals surface area contributed by atoms with Crippen molar-refractivity contribution in [3.05, 3.63) is 0 Å². The second-order valence-electron chi connectivity index (χ2n) is 2.55. The standard InChI is InChI=1S/C8H11NO6/c1-5(10)14-7(9-13)3-4-8(12)15-6(2)11/h13H,3-4H2,1-2H3/b9-7-. The molecule has 0 unspecified atom stereocenters. The van der Waals surface area contributed by atoms with Crippen molar-refractivity contribution in [3.8, 4) is 0 Å². The number of hydrogen-bond donors (Lipinski definition) is 1. The van der Waals surface area contributed by atoms with Crippen molar-refractivity contribution < 1.29 is 29.1 Å². The molecule has 0 saturated carbocycles. The number of rotatable bonds is 3. The molecule has 0 aromatic rings. The Morgan fingerprint density at radius 1 is 1.07 bits per heavy atom. The third kappa shape index (κ3) is 7.17. The summed E-state index contributed by atoms with van der Waals surface area (Å²) in [6, 6.07) is 0. The maximum absolute atomic E-state index is 10.8. The predicted octanol–water partition coefficient (Wildman–Crippen LogP) is 0.207. The molecule has 0 radical (unpaired) electrons. The van der Waals surface area contributed by atoms with E-state index in [2.05, 4.69) is 14.6 Å². The van der Waals surface area contributed by atoms with Gasteiger partial charge in [-0.25, -0.2) is 0 Å². The van der Waals surface area contributed by atoms with Crippen molar-refractivity contribution >= 4 is 23.8 Å². The molecule has 0 amide bonds.